The first-order valence-corrected chi connectivity index (χ1v) is 7.19. The summed E-state index contributed by atoms with van der Waals surface area (Å²) in [5.41, 5.74) is 0. The lowest BCUT2D eigenvalue weighted by atomic mass is 10.0. The van der Waals surface area contributed by atoms with E-state index in [1.54, 1.807) is 0 Å². The predicted octanol–water partition coefficient (Wildman–Crippen LogP) is 1.60. The zero-order chi connectivity index (χ0) is 13.8. The minimum atomic E-state index is -0.991. The second kappa shape index (κ2) is 6.17. The van der Waals surface area contributed by atoms with Gasteiger partial charge in [-0.3, -0.25) is 9.59 Å². The van der Waals surface area contributed by atoms with Crippen LogP contribution in [0, 0.1) is 5.92 Å². The van der Waals surface area contributed by atoms with Crippen LogP contribution < -0.4 is 0 Å². The molecule has 0 aromatic carbocycles. The van der Waals surface area contributed by atoms with Gasteiger partial charge in [-0.25, -0.2) is 4.79 Å². The summed E-state index contributed by atoms with van der Waals surface area (Å²) in [5.74, 6) is -2.11. The lowest BCUT2D eigenvalue weighted by Crippen LogP contribution is -2.48. The number of amides is 1. The van der Waals surface area contributed by atoms with Gasteiger partial charge in [0.15, 0.2) is 0 Å². The summed E-state index contributed by atoms with van der Waals surface area (Å²) in [6.45, 7) is 0.397. The minimum Gasteiger partial charge on any atom is -0.480 e. The van der Waals surface area contributed by atoms with Crippen molar-refractivity contribution in [1.82, 2.24) is 4.90 Å². The van der Waals surface area contributed by atoms with Gasteiger partial charge in [0.25, 0.3) is 5.91 Å². The zero-order valence-corrected chi connectivity index (χ0v) is 11.1. The van der Waals surface area contributed by atoms with Gasteiger partial charge in [0.1, 0.15) is 6.04 Å². The van der Waals surface area contributed by atoms with Crippen molar-refractivity contribution in [3.05, 3.63) is 0 Å². The zero-order valence-electron chi connectivity index (χ0n) is 11.1. The standard InChI is InChI=1S/C14H21NO4/c16-12(10-6-3-4-7-10)13(17)15-9-5-1-2-8-11(15)14(18)19/h10-11H,1-9H2,(H,18,19). The van der Waals surface area contributed by atoms with Crippen molar-refractivity contribution in [3.8, 4) is 0 Å². The Morgan fingerprint density at radius 1 is 0.895 bits per heavy atom. The van der Waals surface area contributed by atoms with Gasteiger partial charge < -0.3 is 10.0 Å². The highest BCUT2D eigenvalue weighted by molar-refractivity contribution is 6.37. The Morgan fingerprint density at radius 2 is 1.53 bits per heavy atom. The van der Waals surface area contributed by atoms with Crippen molar-refractivity contribution in [2.24, 2.45) is 5.92 Å². The number of carboxylic acids is 1. The van der Waals surface area contributed by atoms with Crippen LogP contribution in [-0.2, 0) is 14.4 Å². The summed E-state index contributed by atoms with van der Waals surface area (Å²) in [5, 5.41) is 9.22. The van der Waals surface area contributed by atoms with Crippen LogP contribution in [0.3, 0.4) is 0 Å². The molecule has 1 saturated carbocycles. The molecule has 5 heteroatoms. The molecule has 1 amide bonds. The van der Waals surface area contributed by atoms with E-state index >= 15 is 0 Å². The molecule has 5 nitrogen and oxygen atoms in total. The van der Waals surface area contributed by atoms with E-state index < -0.39 is 17.9 Å². The van der Waals surface area contributed by atoms with Crippen LogP contribution in [0.15, 0.2) is 0 Å². The number of aliphatic carboxylic acids is 1. The Kier molecular flexibility index (Phi) is 4.56. The summed E-state index contributed by atoms with van der Waals surface area (Å²) in [6, 6.07) is -0.819. The minimum absolute atomic E-state index is 0.176. The second-order valence-electron chi connectivity index (χ2n) is 5.55. The van der Waals surface area contributed by atoms with Gasteiger partial charge in [-0.15, -0.1) is 0 Å². The van der Waals surface area contributed by atoms with Gasteiger partial charge in [0, 0.05) is 12.5 Å². The Labute approximate surface area is 113 Å². The number of carboxylic acid groups (broad SMARTS) is 1. The van der Waals surface area contributed by atoms with E-state index in [2.05, 4.69) is 0 Å². The molecule has 2 aliphatic rings. The first kappa shape index (κ1) is 14.0. The summed E-state index contributed by atoms with van der Waals surface area (Å²) < 4.78 is 0. The highest BCUT2D eigenvalue weighted by Crippen LogP contribution is 2.27. The second-order valence-corrected chi connectivity index (χ2v) is 5.55. The number of nitrogens with zero attached hydrogens (tertiary/aromatic N) is 1. The molecular formula is C14H21NO4. The first-order chi connectivity index (χ1) is 9.11. The van der Waals surface area contributed by atoms with E-state index in [-0.39, 0.29) is 11.7 Å². The molecule has 1 heterocycles. The first-order valence-electron chi connectivity index (χ1n) is 7.19. The molecule has 1 aliphatic carbocycles. The molecule has 2 rings (SSSR count). The van der Waals surface area contributed by atoms with Crippen LogP contribution in [0.2, 0.25) is 0 Å². The van der Waals surface area contributed by atoms with Gasteiger partial charge in [-0.05, 0) is 25.7 Å². The van der Waals surface area contributed by atoms with Crippen LogP contribution in [0.1, 0.15) is 51.4 Å². The van der Waals surface area contributed by atoms with E-state index in [4.69, 9.17) is 0 Å². The summed E-state index contributed by atoms with van der Waals surface area (Å²) in [7, 11) is 0. The van der Waals surface area contributed by atoms with Crippen LogP contribution in [0.4, 0.5) is 0 Å². The van der Waals surface area contributed by atoms with Crippen LogP contribution in [0.5, 0.6) is 0 Å². The Bertz CT molecular complexity index is 374. The fourth-order valence-corrected chi connectivity index (χ4v) is 3.11. The number of carbonyl (C=O) groups excluding carboxylic acids is 2. The van der Waals surface area contributed by atoms with Gasteiger partial charge >= 0.3 is 5.97 Å². The van der Waals surface area contributed by atoms with Crippen LogP contribution >= 0.6 is 0 Å². The van der Waals surface area contributed by atoms with Crippen molar-refractivity contribution in [2.45, 2.75) is 57.4 Å². The SMILES string of the molecule is O=C(C(=O)N1CCCCCC1C(=O)O)C1CCCC1. The predicted molar refractivity (Wildman–Crippen MR) is 68.6 cm³/mol. The van der Waals surface area contributed by atoms with Crippen molar-refractivity contribution >= 4 is 17.7 Å². The average Bonchev–Trinajstić information content (AvgIpc) is 2.80. The third-order valence-corrected chi connectivity index (χ3v) is 4.24. The number of likely N-dealkylation sites (tertiary alicyclic amines) is 1. The molecule has 0 radical (unpaired) electrons. The Morgan fingerprint density at radius 3 is 2.16 bits per heavy atom. The lowest BCUT2D eigenvalue weighted by molar-refractivity contribution is -0.154. The Balaban J connectivity index is 2.09. The summed E-state index contributed by atoms with van der Waals surface area (Å²) >= 11 is 0. The van der Waals surface area contributed by atoms with Gasteiger partial charge in [-0.1, -0.05) is 25.7 Å². The van der Waals surface area contributed by atoms with Gasteiger partial charge in [0.05, 0.1) is 0 Å². The molecule has 2 fully saturated rings. The number of ketones is 1. The van der Waals surface area contributed by atoms with Gasteiger partial charge in [0.2, 0.25) is 5.78 Å². The smallest absolute Gasteiger partial charge is 0.326 e. The quantitative estimate of drug-likeness (QED) is 0.788. The largest absolute Gasteiger partial charge is 0.480 e. The fraction of sp³-hybridized carbons (Fsp3) is 0.786. The Hall–Kier alpha value is -1.39. The molecule has 0 aromatic rings. The molecule has 1 unspecified atom stereocenters. The number of rotatable bonds is 3. The molecule has 0 spiro atoms. The number of carbonyl (C=O) groups is 3. The van der Waals surface area contributed by atoms with Crippen molar-refractivity contribution in [1.29, 1.82) is 0 Å². The fourth-order valence-electron chi connectivity index (χ4n) is 3.11. The topological polar surface area (TPSA) is 74.7 Å². The third kappa shape index (κ3) is 3.14. The van der Waals surface area contributed by atoms with Gasteiger partial charge in [-0.2, -0.15) is 0 Å². The highest BCUT2D eigenvalue weighted by Gasteiger charge is 2.37. The van der Waals surface area contributed by atoms with E-state index in [0.29, 0.717) is 13.0 Å². The van der Waals surface area contributed by atoms with E-state index in [1.807, 2.05) is 0 Å². The molecule has 0 bridgehead atoms. The lowest BCUT2D eigenvalue weighted by Gasteiger charge is -2.27. The maximum absolute atomic E-state index is 12.3. The third-order valence-electron chi connectivity index (χ3n) is 4.24. The maximum Gasteiger partial charge on any atom is 0.326 e. The van der Waals surface area contributed by atoms with Crippen molar-refractivity contribution in [3.63, 3.8) is 0 Å². The molecule has 19 heavy (non-hydrogen) atoms. The molecule has 106 valence electrons. The number of Topliss-reactive ketones (excluding diaryl/α,β-unsaturated/α-hetero) is 1. The molecule has 0 aromatic heterocycles. The van der Waals surface area contributed by atoms with E-state index in [0.717, 1.165) is 44.9 Å². The molecular weight excluding hydrogens is 246 g/mol. The molecule has 1 aliphatic heterocycles. The number of hydrogen-bond donors (Lipinski definition) is 1. The van der Waals surface area contributed by atoms with Crippen LogP contribution in [0.25, 0.3) is 0 Å². The van der Waals surface area contributed by atoms with E-state index in [1.165, 1.54) is 4.90 Å². The average molecular weight is 267 g/mol. The highest BCUT2D eigenvalue weighted by atomic mass is 16.4. The number of hydrogen-bond acceptors (Lipinski definition) is 3. The monoisotopic (exact) mass is 267 g/mol. The molecule has 1 saturated heterocycles. The summed E-state index contributed by atoms with van der Waals surface area (Å²) in [4.78, 5) is 37.0. The van der Waals surface area contributed by atoms with Crippen LogP contribution in [-0.4, -0.2) is 40.3 Å². The van der Waals surface area contributed by atoms with Crippen molar-refractivity contribution in [2.75, 3.05) is 6.54 Å². The molecule has 1 atom stereocenters. The normalized spacial score (nSPS) is 25.1. The van der Waals surface area contributed by atoms with E-state index in [9.17, 15) is 19.5 Å². The van der Waals surface area contributed by atoms with Crippen molar-refractivity contribution < 1.29 is 19.5 Å². The maximum atomic E-state index is 12.3. The molecule has 1 N–H and O–H groups in total. The summed E-state index contributed by atoms with van der Waals surface area (Å²) in [6.07, 6.45) is 6.50.